The van der Waals surface area contributed by atoms with Crippen LogP contribution in [0, 0.1) is 12.8 Å². The highest BCUT2D eigenvalue weighted by Gasteiger charge is 2.21. The summed E-state index contributed by atoms with van der Waals surface area (Å²) >= 11 is 0. The number of para-hydroxylation sites is 2. The summed E-state index contributed by atoms with van der Waals surface area (Å²) in [5.41, 5.74) is 1.89. The molecule has 0 aliphatic carbocycles. The minimum absolute atomic E-state index is 0.480. The van der Waals surface area contributed by atoms with Gasteiger partial charge < -0.3 is 10.4 Å². The van der Waals surface area contributed by atoms with Crippen LogP contribution in [-0.4, -0.2) is 27.2 Å². The van der Waals surface area contributed by atoms with Crippen molar-refractivity contribution >= 4 is 16.9 Å². The average Bonchev–Trinajstić information content (AvgIpc) is 2.43. The van der Waals surface area contributed by atoms with E-state index >= 15 is 0 Å². The largest absolute Gasteiger partial charge is 0.388 e. The fourth-order valence-corrected chi connectivity index (χ4v) is 2.22. The molecule has 4 nitrogen and oxygen atoms in total. The van der Waals surface area contributed by atoms with Gasteiger partial charge in [0.1, 0.15) is 5.82 Å². The average molecular weight is 287 g/mol. The van der Waals surface area contributed by atoms with Crippen molar-refractivity contribution in [2.24, 2.45) is 5.92 Å². The highest BCUT2D eigenvalue weighted by atomic mass is 16.3. The molecule has 0 saturated carbocycles. The number of hydrogen-bond donors (Lipinski definition) is 2. The van der Waals surface area contributed by atoms with Crippen LogP contribution in [-0.2, 0) is 0 Å². The number of rotatable bonds is 6. The lowest BCUT2D eigenvalue weighted by atomic mass is 9.95. The van der Waals surface area contributed by atoms with Crippen molar-refractivity contribution in [3.05, 3.63) is 30.0 Å². The van der Waals surface area contributed by atoms with Gasteiger partial charge in [-0.2, -0.15) is 0 Å². The molecular weight excluding hydrogens is 262 g/mol. The van der Waals surface area contributed by atoms with Gasteiger partial charge in [-0.1, -0.05) is 26.0 Å². The first-order valence-electron chi connectivity index (χ1n) is 7.57. The van der Waals surface area contributed by atoms with Crippen molar-refractivity contribution in [1.29, 1.82) is 0 Å². The number of nitrogens with one attached hydrogen (secondary N) is 1. The Balaban J connectivity index is 2.07. The van der Waals surface area contributed by atoms with Crippen LogP contribution in [0.15, 0.2) is 24.3 Å². The molecule has 1 aromatic carbocycles. The smallest absolute Gasteiger partial charge is 0.148 e. The molecule has 4 heteroatoms. The standard InChI is InChI=1S/C17H25N3O/c1-12(2)9-10-17(4,21)11-18-16-13(3)19-14-7-5-6-8-15(14)20-16/h5-8,12,21H,9-11H2,1-4H3,(H,18,20)/t17-/m1/s1. The van der Waals surface area contributed by atoms with Gasteiger partial charge in [0.15, 0.2) is 0 Å². The topological polar surface area (TPSA) is 58.0 Å². The maximum Gasteiger partial charge on any atom is 0.148 e. The molecule has 0 fully saturated rings. The zero-order chi connectivity index (χ0) is 15.5. The Labute approximate surface area is 126 Å². The van der Waals surface area contributed by atoms with Crippen LogP contribution in [0.5, 0.6) is 0 Å². The molecule has 1 atom stereocenters. The van der Waals surface area contributed by atoms with Gasteiger partial charge in [0.05, 0.1) is 22.3 Å². The van der Waals surface area contributed by atoms with E-state index < -0.39 is 5.60 Å². The fraction of sp³-hybridized carbons (Fsp3) is 0.529. The summed E-state index contributed by atoms with van der Waals surface area (Å²) in [4.78, 5) is 9.13. The summed E-state index contributed by atoms with van der Waals surface area (Å²) in [6.45, 7) is 8.62. The van der Waals surface area contributed by atoms with Crippen LogP contribution in [0.2, 0.25) is 0 Å². The van der Waals surface area contributed by atoms with E-state index in [1.807, 2.05) is 38.1 Å². The van der Waals surface area contributed by atoms with Crippen molar-refractivity contribution in [2.45, 2.75) is 46.1 Å². The monoisotopic (exact) mass is 287 g/mol. The van der Waals surface area contributed by atoms with Crippen LogP contribution >= 0.6 is 0 Å². The minimum Gasteiger partial charge on any atom is -0.388 e. The molecule has 0 radical (unpaired) electrons. The number of aryl methyl sites for hydroxylation is 1. The first-order chi connectivity index (χ1) is 9.87. The van der Waals surface area contributed by atoms with Crippen molar-refractivity contribution in [3.8, 4) is 0 Å². The molecule has 0 unspecified atom stereocenters. The van der Waals surface area contributed by atoms with Crippen molar-refractivity contribution in [3.63, 3.8) is 0 Å². The third-order valence-electron chi connectivity index (χ3n) is 3.64. The molecule has 0 aliphatic heterocycles. The minimum atomic E-state index is -0.732. The van der Waals surface area contributed by atoms with Gasteiger partial charge in [-0.15, -0.1) is 0 Å². The second-order valence-corrected chi connectivity index (χ2v) is 6.43. The molecule has 114 valence electrons. The third kappa shape index (κ3) is 4.39. The molecule has 1 aromatic heterocycles. The summed E-state index contributed by atoms with van der Waals surface area (Å²) in [6, 6.07) is 7.82. The Morgan fingerprint density at radius 3 is 2.43 bits per heavy atom. The summed E-state index contributed by atoms with van der Waals surface area (Å²) in [6.07, 6.45) is 1.79. The van der Waals surface area contributed by atoms with E-state index in [4.69, 9.17) is 0 Å². The lowest BCUT2D eigenvalue weighted by Crippen LogP contribution is -2.34. The number of aromatic nitrogens is 2. The second kappa shape index (κ2) is 6.39. The predicted octanol–water partition coefficient (Wildman–Crippen LogP) is 3.54. The van der Waals surface area contributed by atoms with Gasteiger partial charge in [-0.05, 0) is 44.7 Å². The predicted molar refractivity (Wildman–Crippen MR) is 87.5 cm³/mol. The number of benzene rings is 1. The van der Waals surface area contributed by atoms with E-state index in [2.05, 4.69) is 29.1 Å². The Morgan fingerprint density at radius 2 is 1.81 bits per heavy atom. The first kappa shape index (κ1) is 15.7. The van der Waals surface area contributed by atoms with Crippen molar-refractivity contribution < 1.29 is 5.11 Å². The summed E-state index contributed by atoms with van der Waals surface area (Å²) < 4.78 is 0. The van der Waals surface area contributed by atoms with Crippen LogP contribution in [0.1, 0.15) is 39.3 Å². The Morgan fingerprint density at radius 1 is 1.19 bits per heavy atom. The van der Waals surface area contributed by atoms with Gasteiger partial charge in [-0.3, -0.25) is 0 Å². The number of hydrogen-bond acceptors (Lipinski definition) is 4. The summed E-state index contributed by atoms with van der Waals surface area (Å²) in [5, 5.41) is 13.7. The maximum absolute atomic E-state index is 10.4. The molecule has 0 saturated heterocycles. The normalized spacial score (nSPS) is 14.4. The number of anilines is 1. The van der Waals surface area contributed by atoms with E-state index in [-0.39, 0.29) is 0 Å². The van der Waals surface area contributed by atoms with Gasteiger partial charge in [0, 0.05) is 6.54 Å². The Kier molecular flexibility index (Phi) is 4.78. The molecule has 0 aliphatic rings. The van der Waals surface area contributed by atoms with Crippen LogP contribution in [0.3, 0.4) is 0 Å². The molecule has 0 bridgehead atoms. The van der Waals surface area contributed by atoms with E-state index in [1.165, 1.54) is 0 Å². The second-order valence-electron chi connectivity index (χ2n) is 6.43. The fourth-order valence-electron chi connectivity index (χ4n) is 2.22. The number of nitrogens with zero attached hydrogens (tertiary/aromatic N) is 2. The maximum atomic E-state index is 10.4. The van der Waals surface area contributed by atoms with E-state index in [0.717, 1.165) is 35.4 Å². The van der Waals surface area contributed by atoms with E-state index in [1.54, 1.807) is 0 Å². The number of fused-ring (bicyclic) bond motifs is 1. The van der Waals surface area contributed by atoms with Gasteiger partial charge >= 0.3 is 0 Å². The molecule has 1 heterocycles. The van der Waals surface area contributed by atoms with Crippen molar-refractivity contribution in [1.82, 2.24) is 9.97 Å². The molecule has 2 aromatic rings. The lowest BCUT2D eigenvalue weighted by molar-refractivity contribution is 0.0585. The van der Waals surface area contributed by atoms with Crippen LogP contribution in [0.25, 0.3) is 11.0 Å². The number of aliphatic hydroxyl groups is 1. The summed E-state index contributed by atoms with van der Waals surface area (Å²) in [7, 11) is 0. The van der Waals surface area contributed by atoms with Gasteiger partial charge in [0.2, 0.25) is 0 Å². The SMILES string of the molecule is Cc1nc2ccccc2nc1NC[C@](C)(O)CCC(C)C. The lowest BCUT2D eigenvalue weighted by Gasteiger charge is -2.25. The highest BCUT2D eigenvalue weighted by Crippen LogP contribution is 2.20. The van der Waals surface area contributed by atoms with E-state index in [9.17, 15) is 5.11 Å². The van der Waals surface area contributed by atoms with Crippen LogP contribution in [0.4, 0.5) is 5.82 Å². The first-order valence-corrected chi connectivity index (χ1v) is 7.57. The van der Waals surface area contributed by atoms with Gasteiger partial charge in [0.25, 0.3) is 0 Å². The molecule has 0 amide bonds. The molecule has 2 N–H and O–H groups in total. The molecule has 2 rings (SSSR count). The molecule has 0 spiro atoms. The highest BCUT2D eigenvalue weighted by molar-refractivity contribution is 5.76. The Bertz CT molecular complexity index is 608. The van der Waals surface area contributed by atoms with Gasteiger partial charge in [-0.25, -0.2) is 9.97 Å². The van der Waals surface area contributed by atoms with Crippen molar-refractivity contribution in [2.75, 3.05) is 11.9 Å². The third-order valence-corrected chi connectivity index (χ3v) is 3.64. The molecular formula is C17H25N3O. The Hall–Kier alpha value is -1.68. The molecule has 21 heavy (non-hydrogen) atoms. The zero-order valence-electron chi connectivity index (χ0n) is 13.3. The summed E-state index contributed by atoms with van der Waals surface area (Å²) in [5.74, 6) is 1.34. The quantitative estimate of drug-likeness (QED) is 0.853. The van der Waals surface area contributed by atoms with Crippen LogP contribution < -0.4 is 5.32 Å². The zero-order valence-corrected chi connectivity index (χ0v) is 13.3. The van der Waals surface area contributed by atoms with E-state index in [0.29, 0.717) is 12.5 Å².